The lowest BCUT2D eigenvalue weighted by Crippen LogP contribution is -2.57. The first-order chi connectivity index (χ1) is 11.9. The smallest absolute Gasteiger partial charge is 0.406 e. The number of halogens is 3. The van der Waals surface area contributed by atoms with Crippen LogP contribution in [0.3, 0.4) is 0 Å². The number of aromatic nitrogens is 1. The predicted molar refractivity (Wildman–Crippen MR) is 86.7 cm³/mol. The highest BCUT2D eigenvalue weighted by Gasteiger charge is 2.35. The van der Waals surface area contributed by atoms with E-state index < -0.39 is 6.36 Å². The third-order valence-electron chi connectivity index (χ3n) is 4.86. The van der Waals surface area contributed by atoms with Gasteiger partial charge in [-0.25, -0.2) is 0 Å². The maximum Gasteiger partial charge on any atom is 0.573 e. The van der Waals surface area contributed by atoms with Crippen molar-refractivity contribution in [2.75, 3.05) is 19.6 Å². The Morgan fingerprint density at radius 2 is 2.08 bits per heavy atom. The largest absolute Gasteiger partial charge is 0.573 e. The second-order valence-electron chi connectivity index (χ2n) is 6.46. The van der Waals surface area contributed by atoms with E-state index in [2.05, 4.69) is 19.3 Å². The molecule has 0 saturated carbocycles. The lowest BCUT2D eigenvalue weighted by Gasteiger charge is -2.44. The van der Waals surface area contributed by atoms with E-state index in [1.54, 1.807) is 0 Å². The van der Waals surface area contributed by atoms with Crippen LogP contribution in [-0.2, 0) is 0 Å². The maximum absolute atomic E-state index is 12.6. The SMILES string of the molecule is O=C(N[C@@H]1CN2CCC1CC2)c1snc2cc(OC(F)(F)F)ccc12. The third-order valence-corrected chi connectivity index (χ3v) is 5.74. The second kappa shape index (κ2) is 6.14. The Morgan fingerprint density at radius 1 is 1.32 bits per heavy atom. The van der Waals surface area contributed by atoms with Crippen molar-refractivity contribution in [2.45, 2.75) is 25.2 Å². The summed E-state index contributed by atoms with van der Waals surface area (Å²) >= 11 is 0.994. The van der Waals surface area contributed by atoms with Crippen molar-refractivity contribution < 1.29 is 22.7 Å². The number of piperidine rings is 3. The second-order valence-corrected chi connectivity index (χ2v) is 7.23. The molecule has 9 heteroatoms. The summed E-state index contributed by atoms with van der Waals surface area (Å²) in [5, 5.41) is 3.62. The number of hydrogen-bond acceptors (Lipinski definition) is 5. The fraction of sp³-hybridized carbons (Fsp3) is 0.500. The summed E-state index contributed by atoms with van der Waals surface area (Å²) in [4.78, 5) is 15.4. The van der Waals surface area contributed by atoms with Gasteiger partial charge in [0.2, 0.25) is 0 Å². The minimum atomic E-state index is -4.75. The van der Waals surface area contributed by atoms with Crippen LogP contribution in [0.15, 0.2) is 18.2 Å². The molecule has 3 aliphatic rings. The van der Waals surface area contributed by atoms with Crippen LogP contribution in [0.4, 0.5) is 13.2 Å². The molecule has 3 fully saturated rings. The van der Waals surface area contributed by atoms with Crippen molar-refractivity contribution in [1.82, 2.24) is 14.6 Å². The first kappa shape index (κ1) is 16.6. The highest BCUT2D eigenvalue weighted by molar-refractivity contribution is 7.09. The summed E-state index contributed by atoms with van der Waals surface area (Å²) in [5.41, 5.74) is 0.325. The summed E-state index contributed by atoms with van der Waals surface area (Å²) in [6.45, 7) is 3.03. The van der Waals surface area contributed by atoms with Crippen molar-refractivity contribution in [1.29, 1.82) is 0 Å². The number of benzene rings is 1. The summed E-state index contributed by atoms with van der Waals surface area (Å²) in [6.07, 6.45) is -2.57. The van der Waals surface area contributed by atoms with E-state index in [9.17, 15) is 18.0 Å². The quantitative estimate of drug-likeness (QED) is 0.901. The molecular weight excluding hydrogens is 355 g/mol. The third kappa shape index (κ3) is 3.43. The van der Waals surface area contributed by atoms with Gasteiger partial charge < -0.3 is 15.0 Å². The number of rotatable bonds is 3. The van der Waals surface area contributed by atoms with Crippen LogP contribution < -0.4 is 10.1 Å². The van der Waals surface area contributed by atoms with Crippen molar-refractivity contribution >= 4 is 28.3 Å². The summed E-state index contributed by atoms with van der Waals surface area (Å²) < 4.78 is 44.9. The van der Waals surface area contributed by atoms with Crippen molar-refractivity contribution in [2.24, 2.45) is 5.92 Å². The molecule has 0 radical (unpaired) electrons. The van der Waals surface area contributed by atoms with E-state index in [0.717, 1.165) is 44.0 Å². The van der Waals surface area contributed by atoms with Gasteiger partial charge in [0.05, 0.1) is 5.52 Å². The summed E-state index contributed by atoms with van der Waals surface area (Å²) in [6, 6.07) is 3.98. The van der Waals surface area contributed by atoms with Gasteiger partial charge in [0, 0.05) is 24.0 Å². The maximum atomic E-state index is 12.6. The fourth-order valence-electron chi connectivity index (χ4n) is 3.65. The van der Waals surface area contributed by atoms with E-state index in [0.29, 0.717) is 21.7 Å². The number of hydrogen-bond donors (Lipinski definition) is 1. The molecule has 134 valence electrons. The molecule has 1 aromatic carbocycles. The number of carbonyl (C=O) groups is 1. The van der Waals surface area contributed by atoms with Crippen molar-refractivity contribution in [3.05, 3.63) is 23.1 Å². The van der Waals surface area contributed by atoms with E-state index in [1.807, 2.05) is 0 Å². The fourth-order valence-corrected chi connectivity index (χ4v) is 4.40. The van der Waals surface area contributed by atoms with Gasteiger partial charge in [-0.2, -0.15) is 4.37 Å². The lowest BCUT2D eigenvalue weighted by atomic mass is 9.84. The number of ether oxygens (including phenoxy) is 1. The van der Waals surface area contributed by atoms with Gasteiger partial charge in [-0.05, 0) is 55.5 Å². The highest BCUT2D eigenvalue weighted by Crippen LogP contribution is 2.31. The molecule has 2 bridgehead atoms. The normalized spacial score (nSPS) is 26.0. The van der Waals surface area contributed by atoms with Crippen LogP contribution in [0.1, 0.15) is 22.5 Å². The first-order valence-electron chi connectivity index (χ1n) is 8.07. The van der Waals surface area contributed by atoms with E-state index in [4.69, 9.17) is 0 Å². The molecule has 3 aliphatic heterocycles. The average Bonchev–Trinajstić information content (AvgIpc) is 2.97. The molecule has 25 heavy (non-hydrogen) atoms. The molecule has 2 aromatic rings. The molecule has 1 N–H and O–H groups in total. The van der Waals surface area contributed by atoms with Gasteiger partial charge in [0.25, 0.3) is 5.91 Å². The molecule has 1 amide bonds. The zero-order valence-corrected chi connectivity index (χ0v) is 14.0. The van der Waals surface area contributed by atoms with Crippen molar-refractivity contribution in [3.8, 4) is 5.75 Å². The molecule has 0 spiro atoms. The van der Waals surface area contributed by atoms with Gasteiger partial charge in [0.15, 0.2) is 0 Å². The number of carbonyl (C=O) groups excluding carboxylic acids is 1. The van der Waals surface area contributed by atoms with E-state index >= 15 is 0 Å². The molecular formula is C16H16F3N3O2S. The van der Waals surface area contributed by atoms with Crippen LogP contribution in [0.5, 0.6) is 5.75 Å². The number of alkyl halides is 3. The van der Waals surface area contributed by atoms with Gasteiger partial charge in [-0.1, -0.05) is 0 Å². The Hall–Kier alpha value is -1.87. The van der Waals surface area contributed by atoms with Crippen LogP contribution in [0.25, 0.3) is 10.9 Å². The standard InChI is InChI=1S/C16H16F3N3O2S/c17-16(18,19)24-10-1-2-11-12(7-10)21-25-14(11)15(23)20-13-8-22-5-3-9(13)4-6-22/h1-2,7,9,13H,3-6,8H2,(H,20,23)/t13-/m1/s1. The Morgan fingerprint density at radius 3 is 2.72 bits per heavy atom. The Bertz CT molecular complexity index is 800. The molecule has 3 saturated heterocycles. The number of nitrogens with one attached hydrogen (secondary N) is 1. The Kier molecular flexibility index (Phi) is 4.07. The van der Waals surface area contributed by atoms with Gasteiger partial charge in [-0.15, -0.1) is 13.2 Å². The van der Waals surface area contributed by atoms with Crippen molar-refractivity contribution in [3.63, 3.8) is 0 Å². The number of nitrogens with zero attached hydrogens (tertiary/aromatic N) is 2. The highest BCUT2D eigenvalue weighted by atomic mass is 32.1. The molecule has 1 atom stereocenters. The molecule has 0 unspecified atom stereocenters. The van der Waals surface area contributed by atoms with Crippen LogP contribution in [0.2, 0.25) is 0 Å². The predicted octanol–water partition coefficient (Wildman–Crippen LogP) is 3.02. The molecule has 5 nitrogen and oxygen atoms in total. The zero-order chi connectivity index (χ0) is 17.6. The van der Waals surface area contributed by atoms with Crippen LogP contribution in [0, 0.1) is 5.92 Å². The molecule has 0 aliphatic carbocycles. The van der Waals surface area contributed by atoms with Gasteiger partial charge >= 0.3 is 6.36 Å². The Labute approximate surface area is 145 Å². The number of amides is 1. The van der Waals surface area contributed by atoms with E-state index in [-0.39, 0.29) is 17.7 Å². The molecule has 5 rings (SSSR count). The topological polar surface area (TPSA) is 54.5 Å². The summed E-state index contributed by atoms with van der Waals surface area (Å²) in [7, 11) is 0. The van der Waals surface area contributed by atoms with Gasteiger partial charge in [-0.3, -0.25) is 4.79 Å². The van der Waals surface area contributed by atoms with E-state index in [1.165, 1.54) is 18.2 Å². The minimum absolute atomic E-state index is 0.125. The minimum Gasteiger partial charge on any atom is -0.406 e. The molecule has 1 aromatic heterocycles. The first-order valence-corrected chi connectivity index (χ1v) is 8.85. The molecule has 4 heterocycles. The zero-order valence-electron chi connectivity index (χ0n) is 13.2. The summed E-state index contributed by atoms with van der Waals surface area (Å²) in [5.74, 6) is -0.0506. The monoisotopic (exact) mass is 371 g/mol. The Balaban J connectivity index is 1.52. The average molecular weight is 371 g/mol. The van der Waals surface area contributed by atoms with Crippen LogP contribution in [-0.4, -0.2) is 47.2 Å². The van der Waals surface area contributed by atoms with Crippen LogP contribution >= 0.6 is 11.5 Å². The van der Waals surface area contributed by atoms with Gasteiger partial charge in [0.1, 0.15) is 10.6 Å². The number of fused-ring (bicyclic) bond motifs is 4. The lowest BCUT2D eigenvalue weighted by molar-refractivity contribution is -0.274.